The summed E-state index contributed by atoms with van der Waals surface area (Å²) in [4.78, 5) is 10.9. The van der Waals surface area contributed by atoms with E-state index in [1.807, 2.05) is 13.8 Å². The Bertz CT molecular complexity index is 343. The lowest BCUT2D eigenvalue weighted by Gasteiger charge is -2.14. The smallest absolute Gasteiger partial charge is 0.263 e. The quantitative estimate of drug-likeness (QED) is 0.675. The minimum absolute atomic E-state index is 0.0756. The van der Waals surface area contributed by atoms with Crippen LogP contribution in [0.5, 0.6) is 5.75 Å². The molecule has 13 heavy (non-hydrogen) atoms. The van der Waals surface area contributed by atoms with Crippen LogP contribution in [0.4, 0.5) is 5.82 Å². The molecule has 0 spiro atoms. The van der Waals surface area contributed by atoms with Gasteiger partial charge in [0.2, 0.25) is 0 Å². The maximum Gasteiger partial charge on any atom is 0.263 e. The third kappa shape index (κ3) is 1.26. The van der Waals surface area contributed by atoms with Gasteiger partial charge in [-0.05, 0) is 0 Å². The molecule has 2 heterocycles. The summed E-state index contributed by atoms with van der Waals surface area (Å²) in [5.41, 5.74) is 0.856. The van der Waals surface area contributed by atoms with Crippen LogP contribution in [0.3, 0.4) is 0 Å². The topological polar surface area (TPSA) is 67.0 Å². The number of aromatic amines is 1. The van der Waals surface area contributed by atoms with Gasteiger partial charge in [-0.1, -0.05) is 13.8 Å². The summed E-state index contributed by atoms with van der Waals surface area (Å²) in [6.45, 7) is 4.12. The Balaban J connectivity index is 2.38. The van der Waals surface area contributed by atoms with Gasteiger partial charge in [0.05, 0.1) is 0 Å². The lowest BCUT2D eigenvalue weighted by atomic mass is 10.1. The van der Waals surface area contributed by atoms with Crippen molar-refractivity contribution < 1.29 is 9.53 Å². The normalized spacial score (nSPS) is 15.2. The van der Waals surface area contributed by atoms with Gasteiger partial charge in [-0.25, -0.2) is 0 Å². The van der Waals surface area contributed by atoms with E-state index >= 15 is 0 Å². The third-order valence-electron chi connectivity index (χ3n) is 1.91. The Labute approximate surface area is 75.5 Å². The molecule has 0 fully saturated rings. The number of rotatable bonds is 1. The minimum atomic E-state index is -0.147. The lowest BCUT2D eigenvalue weighted by Crippen LogP contribution is -2.25. The van der Waals surface area contributed by atoms with E-state index in [2.05, 4.69) is 15.5 Å². The van der Waals surface area contributed by atoms with Gasteiger partial charge in [-0.3, -0.25) is 9.89 Å². The van der Waals surface area contributed by atoms with Crippen LogP contribution in [0.25, 0.3) is 0 Å². The van der Waals surface area contributed by atoms with Crippen LogP contribution in [0.15, 0.2) is 0 Å². The Hall–Kier alpha value is -1.52. The summed E-state index contributed by atoms with van der Waals surface area (Å²) in [5.74, 6) is 1.39. The van der Waals surface area contributed by atoms with Crippen molar-refractivity contribution in [2.24, 2.45) is 0 Å². The highest BCUT2D eigenvalue weighted by Gasteiger charge is 2.23. The van der Waals surface area contributed by atoms with Gasteiger partial charge in [0, 0.05) is 5.92 Å². The molecule has 0 saturated carbocycles. The Morgan fingerprint density at radius 3 is 3.00 bits per heavy atom. The van der Waals surface area contributed by atoms with E-state index in [0.29, 0.717) is 11.6 Å². The highest BCUT2D eigenvalue weighted by atomic mass is 16.5. The number of anilines is 1. The molecule has 0 bridgehead atoms. The first-order valence-electron chi connectivity index (χ1n) is 4.19. The number of carbonyl (C=O) groups is 1. The molecule has 1 aromatic heterocycles. The van der Waals surface area contributed by atoms with Crippen LogP contribution in [0.1, 0.15) is 25.5 Å². The SMILES string of the molecule is CC(C)c1n[nH]c2c1OCC(=O)N2. The van der Waals surface area contributed by atoms with Crippen molar-refractivity contribution in [1.82, 2.24) is 10.2 Å². The van der Waals surface area contributed by atoms with Crippen molar-refractivity contribution >= 4 is 11.7 Å². The van der Waals surface area contributed by atoms with E-state index < -0.39 is 0 Å². The van der Waals surface area contributed by atoms with Crippen LogP contribution in [0.2, 0.25) is 0 Å². The predicted molar refractivity (Wildman–Crippen MR) is 46.8 cm³/mol. The standard InChI is InChI=1S/C8H11N3O2/c1-4(2)6-7-8(11-10-6)9-5(12)3-13-7/h4H,3H2,1-2H3,(H2,9,10,11,12). The van der Waals surface area contributed by atoms with Gasteiger partial charge in [0.1, 0.15) is 5.69 Å². The number of fused-ring (bicyclic) bond motifs is 1. The zero-order valence-corrected chi connectivity index (χ0v) is 7.55. The molecule has 0 aliphatic carbocycles. The molecule has 5 nitrogen and oxygen atoms in total. The Kier molecular flexibility index (Phi) is 1.72. The second kappa shape index (κ2) is 2.76. The molecule has 0 saturated heterocycles. The molecule has 1 aliphatic heterocycles. The Morgan fingerprint density at radius 2 is 2.31 bits per heavy atom. The number of amides is 1. The van der Waals surface area contributed by atoms with E-state index in [4.69, 9.17) is 4.74 Å². The molecule has 0 unspecified atom stereocenters. The number of aromatic nitrogens is 2. The molecular weight excluding hydrogens is 170 g/mol. The number of nitrogens with one attached hydrogen (secondary N) is 2. The monoisotopic (exact) mass is 181 g/mol. The summed E-state index contributed by atoms with van der Waals surface area (Å²) in [7, 11) is 0. The first-order chi connectivity index (χ1) is 6.18. The van der Waals surface area contributed by atoms with E-state index in [1.165, 1.54) is 0 Å². The fourth-order valence-electron chi connectivity index (χ4n) is 1.28. The van der Waals surface area contributed by atoms with Crippen LogP contribution in [-0.2, 0) is 4.79 Å². The Morgan fingerprint density at radius 1 is 1.54 bits per heavy atom. The second-order valence-corrected chi connectivity index (χ2v) is 3.30. The summed E-state index contributed by atoms with van der Waals surface area (Å²) in [5, 5.41) is 9.45. The summed E-state index contributed by atoms with van der Waals surface area (Å²) >= 11 is 0. The van der Waals surface area contributed by atoms with E-state index in [0.717, 1.165) is 5.69 Å². The van der Waals surface area contributed by atoms with E-state index in [9.17, 15) is 4.79 Å². The first kappa shape index (κ1) is 8.10. The van der Waals surface area contributed by atoms with Gasteiger partial charge in [-0.15, -0.1) is 0 Å². The fraction of sp³-hybridized carbons (Fsp3) is 0.500. The third-order valence-corrected chi connectivity index (χ3v) is 1.91. The zero-order chi connectivity index (χ0) is 9.42. The van der Waals surface area contributed by atoms with E-state index in [-0.39, 0.29) is 18.4 Å². The molecule has 2 rings (SSSR count). The molecule has 0 aromatic carbocycles. The van der Waals surface area contributed by atoms with Crippen molar-refractivity contribution in [2.75, 3.05) is 11.9 Å². The van der Waals surface area contributed by atoms with Crippen molar-refractivity contribution in [3.05, 3.63) is 5.69 Å². The average Bonchev–Trinajstić information content (AvgIpc) is 2.46. The average molecular weight is 181 g/mol. The summed E-state index contributed by atoms with van der Waals surface area (Å²) < 4.78 is 5.26. The fourth-order valence-corrected chi connectivity index (χ4v) is 1.28. The van der Waals surface area contributed by atoms with Gasteiger partial charge < -0.3 is 10.1 Å². The van der Waals surface area contributed by atoms with Crippen LogP contribution >= 0.6 is 0 Å². The predicted octanol–water partition coefficient (Wildman–Crippen LogP) is 0.864. The zero-order valence-electron chi connectivity index (χ0n) is 7.55. The molecule has 0 radical (unpaired) electrons. The van der Waals surface area contributed by atoms with Crippen molar-refractivity contribution in [1.29, 1.82) is 0 Å². The number of H-pyrrole nitrogens is 1. The number of hydrogen-bond acceptors (Lipinski definition) is 3. The van der Waals surface area contributed by atoms with Crippen LogP contribution in [0, 0.1) is 0 Å². The van der Waals surface area contributed by atoms with Gasteiger partial charge in [0.25, 0.3) is 5.91 Å². The molecule has 70 valence electrons. The molecular formula is C8H11N3O2. The first-order valence-corrected chi connectivity index (χ1v) is 4.19. The minimum Gasteiger partial charge on any atom is -0.478 e. The van der Waals surface area contributed by atoms with Gasteiger partial charge in [-0.2, -0.15) is 5.10 Å². The molecule has 1 amide bonds. The summed E-state index contributed by atoms with van der Waals surface area (Å²) in [6, 6.07) is 0. The highest BCUT2D eigenvalue weighted by molar-refractivity contribution is 5.94. The number of nitrogens with zero attached hydrogens (tertiary/aromatic N) is 1. The van der Waals surface area contributed by atoms with Crippen molar-refractivity contribution in [3.63, 3.8) is 0 Å². The highest BCUT2D eigenvalue weighted by Crippen LogP contribution is 2.33. The molecule has 1 aromatic rings. The maximum absolute atomic E-state index is 10.9. The molecule has 2 N–H and O–H groups in total. The molecule has 0 atom stereocenters. The number of carbonyl (C=O) groups excluding carboxylic acids is 1. The van der Waals surface area contributed by atoms with Gasteiger partial charge in [0.15, 0.2) is 18.2 Å². The van der Waals surface area contributed by atoms with E-state index in [1.54, 1.807) is 0 Å². The lowest BCUT2D eigenvalue weighted by molar-refractivity contribution is -0.118. The molecule has 5 heteroatoms. The van der Waals surface area contributed by atoms with Crippen molar-refractivity contribution in [2.45, 2.75) is 19.8 Å². The number of hydrogen-bond donors (Lipinski definition) is 2. The van der Waals surface area contributed by atoms with Crippen LogP contribution < -0.4 is 10.1 Å². The van der Waals surface area contributed by atoms with Gasteiger partial charge >= 0.3 is 0 Å². The maximum atomic E-state index is 10.9. The van der Waals surface area contributed by atoms with Crippen molar-refractivity contribution in [3.8, 4) is 5.75 Å². The molecule has 1 aliphatic rings. The number of ether oxygens (including phenoxy) is 1. The second-order valence-electron chi connectivity index (χ2n) is 3.30. The largest absolute Gasteiger partial charge is 0.478 e. The van der Waals surface area contributed by atoms with Crippen LogP contribution in [-0.4, -0.2) is 22.7 Å². The summed E-state index contributed by atoms with van der Waals surface area (Å²) in [6.07, 6.45) is 0.